The lowest BCUT2D eigenvalue weighted by Gasteiger charge is -2.61. The van der Waals surface area contributed by atoms with E-state index in [1.807, 2.05) is 0 Å². The van der Waals surface area contributed by atoms with E-state index in [0.717, 1.165) is 24.2 Å². The van der Waals surface area contributed by atoms with Crippen LogP contribution in [0.3, 0.4) is 0 Å². The summed E-state index contributed by atoms with van der Waals surface area (Å²) in [6.45, 7) is 11.4. The van der Waals surface area contributed by atoms with Crippen molar-refractivity contribution in [2.45, 2.75) is 65.7 Å². The Morgan fingerprint density at radius 1 is 1.32 bits per heavy atom. The number of hydrogen-bond donors (Lipinski definition) is 1. The number of rotatable bonds is 4. The minimum absolute atomic E-state index is 0.150. The molecule has 1 spiro atoms. The number of hydrogen-bond acceptors (Lipinski definition) is 1. The van der Waals surface area contributed by atoms with E-state index in [9.17, 15) is 9.90 Å². The van der Waals surface area contributed by atoms with Crippen LogP contribution in [0.1, 0.15) is 65.7 Å². The van der Waals surface area contributed by atoms with E-state index in [-0.39, 0.29) is 5.41 Å². The van der Waals surface area contributed by atoms with Gasteiger partial charge in [-0.05, 0) is 85.4 Å². The van der Waals surface area contributed by atoms with Crippen molar-refractivity contribution in [3.63, 3.8) is 0 Å². The summed E-state index contributed by atoms with van der Waals surface area (Å²) in [5.74, 6) is 2.54. The van der Waals surface area contributed by atoms with Gasteiger partial charge in [0.1, 0.15) is 0 Å². The second kappa shape index (κ2) is 4.19. The number of carboxylic acid groups (broad SMARTS) is 1. The van der Waals surface area contributed by atoms with Crippen LogP contribution >= 0.6 is 0 Å². The van der Waals surface area contributed by atoms with Crippen LogP contribution < -0.4 is 0 Å². The van der Waals surface area contributed by atoms with Crippen molar-refractivity contribution in [1.82, 2.24) is 0 Å². The Hall–Kier alpha value is -0.790. The van der Waals surface area contributed by atoms with Gasteiger partial charge in [0.2, 0.25) is 0 Å². The summed E-state index contributed by atoms with van der Waals surface area (Å²) in [4.78, 5) is 11.2. The standard InChI is InChI=1S/C20H30O2/c1-12(2)13-5-8-20-10-15-14(19(15,4)11-20)9-16(20)18(13,3)7-6-17(21)22/h13-16H,1,5-11H2,2-4H3,(H,21,22)/t13-,14+,15+,16-,18+,19+,20-/m0/s1. The van der Waals surface area contributed by atoms with Crippen molar-refractivity contribution in [3.05, 3.63) is 12.2 Å². The molecule has 0 unspecified atom stereocenters. The highest BCUT2D eigenvalue weighted by molar-refractivity contribution is 5.66. The molecule has 4 bridgehead atoms. The summed E-state index contributed by atoms with van der Waals surface area (Å²) in [5, 5.41) is 9.23. The predicted octanol–water partition coefficient (Wildman–Crippen LogP) is 4.90. The monoisotopic (exact) mass is 302 g/mol. The van der Waals surface area contributed by atoms with E-state index in [2.05, 4.69) is 27.4 Å². The van der Waals surface area contributed by atoms with Crippen molar-refractivity contribution in [3.8, 4) is 0 Å². The van der Waals surface area contributed by atoms with Crippen molar-refractivity contribution in [2.75, 3.05) is 0 Å². The maximum absolute atomic E-state index is 11.2. The molecule has 0 saturated heterocycles. The van der Waals surface area contributed by atoms with Gasteiger partial charge >= 0.3 is 5.97 Å². The minimum Gasteiger partial charge on any atom is -0.481 e. The van der Waals surface area contributed by atoms with Crippen LogP contribution in [0.2, 0.25) is 0 Å². The molecule has 5 aliphatic rings. The van der Waals surface area contributed by atoms with Gasteiger partial charge < -0.3 is 5.11 Å². The summed E-state index contributed by atoms with van der Waals surface area (Å²) < 4.78 is 0. The number of carbonyl (C=O) groups is 1. The first-order valence-electron chi connectivity index (χ1n) is 9.10. The van der Waals surface area contributed by atoms with E-state index >= 15 is 0 Å². The molecule has 2 nitrogen and oxygen atoms in total. The summed E-state index contributed by atoms with van der Waals surface area (Å²) >= 11 is 0. The minimum atomic E-state index is -0.639. The molecule has 0 radical (unpaired) electrons. The SMILES string of the molecule is C=C(C)[C@@H]1CC[C@@]23C[C@@H]4[C@@H](C[C@H]2[C@]1(C)CCC(=O)O)[C@@]4(C)C3. The van der Waals surface area contributed by atoms with Crippen LogP contribution in [0.25, 0.3) is 0 Å². The van der Waals surface area contributed by atoms with Crippen LogP contribution in [0.4, 0.5) is 0 Å². The van der Waals surface area contributed by atoms with E-state index in [1.165, 1.54) is 37.7 Å². The predicted molar refractivity (Wildman–Crippen MR) is 87.4 cm³/mol. The van der Waals surface area contributed by atoms with E-state index < -0.39 is 5.97 Å². The van der Waals surface area contributed by atoms with Gasteiger partial charge in [-0.1, -0.05) is 26.0 Å². The Bertz CT molecular complexity index is 552. The van der Waals surface area contributed by atoms with Crippen LogP contribution in [-0.4, -0.2) is 11.1 Å². The zero-order valence-electron chi connectivity index (χ0n) is 14.3. The van der Waals surface area contributed by atoms with Gasteiger partial charge in [0, 0.05) is 6.42 Å². The van der Waals surface area contributed by atoms with Gasteiger partial charge in [0.25, 0.3) is 0 Å². The summed E-state index contributed by atoms with van der Waals surface area (Å²) in [5.41, 5.74) is 2.62. The molecule has 5 rings (SSSR count). The first-order chi connectivity index (χ1) is 10.2. The van der Waals surface area contributed by atoms with Crippen LogP contribution in [-0.2, 0) is 4.79 Å². The largest absolute Gasteiger partial charge is 0.481 e. The third-order valence-corrected chi connectivity index (χ3v) is 8.65. The van der Waals surface area contributed by atoms with Crippen molar-refractivity contribution in [1.29, 1.82) is 0 Å². The van der Waals surface area contributed by atoms with Gasteiger partial charge in [-0.3, -0.25) is 4.79 Å². The maximum atomic E-state index is 11.2. The fraction of sp³-hybridized carbons (Fsp3) is 0.850. The second-order valence-corrected chi connectivity index (χ2v) is 9.59. The quantitative estimate of drug-likeness (QED) is 0.750. The van der Waals surface area contributed by atoms with Gasteiger partial charge in [0.05, 0.1) is 0 Å². The van der Waals surface area contributed by atoms with Gasteiger partial charge in [-0.15, -0.1) is 0 Å². The normalized spacial score (nSPS) is 54.7. The highest BCUT2D eigenvalue weighted by Gasteiger charge is 2.77. The first kappa shape index (κ1) is 14.8. The zero-order valence-corrected chi connectivity index (χ0v) is 14.3. The molecule has 7 atom stereocenters. The fourth-order valence-corrected chi connectivity index (χ4v) is 7.75. The Morgan fingerprint density at radius 2 is 2.05 bits per heavy atom. The molecular formula is C20H30O2. The third kappa shape index (κ3) is 1.65. The maximum Gasteiger partial charge on any atom is 0.303 e. The first-order valence-corrected chi connectivity index (χ1v) is 9.10. The summed E-state index contributed by atoms with van der Waals surface area (Å²) in [6.07, 6.45) is 7.96. The number of allylic oxidation sites excluding steroid dienone is 1. The smallest absolute Gasteiger partial charge is 0.303 e. The summed E-state index contributed by atoms with van der Waals surface area (Å²) in [6, 6.07) is 0. The highest BCUT2D eigenvalue weighted by Crippen LogP contribution is 2.84. The molecule has 0 aromatic carbocycles. The molecule has 0 amide bonds. The number of carboxylic acids is 1. The lowest BCUT2D eigenvalue weighted by atomic mass is 9.44. The van der Waals surface area contributed by atoms with Crippen molar-refractivity contribution in [2.24, 2.45) is 39.9 Å². The molecule has 5 aliphatic carbocycles. The molecule has 0 aliphatic heterocycles. The molecule has 5 fully saturated rings. The fourth-order valence-electron chi connectivity index (χ4n) is 7.75. The van der Waals surface area contributed by atoms with E-state index in [1.54, 1.807) is 0 Å². The Morgan fingerprint density at radius 3 is 2.59 bits per heavy atom. The van der Waals surface area contributed by atoms with Crippen molar-refractivity contribution >= 4 is 5.97 Å². The summed E-state index contributed by atoms with van der Waals surface area (Å²) in [7, 11) is 0. The van der Waals surface area contributed by atoms with E-state index in [0.29, 0.717) is 23.2 Å². The Balaban J connectivity index is 1.68. The molecular weight excluding hydrogens is 272 g/mol. The highest BCUT2D eigenvalue weighted by atomic mass is 16.4. The average molecular weight is 302 g/mol. The zero-order chi connectivity index (χ0) is 15.9. The molecule has 22 heavy (non-hydrogen) atoms. The lowest BCUT2D eigenvalue weighted by molar-refractivity contribution is -0.141. The molecule has 0 aromatic rings. The van der Waals surface area contributed by atoms with Crippen LogP contribution in [0.15, 0.2) is 12.2 Å². The molecule has 0 heterocycles. The van der Waals surface area contributed by atoms with Crippen LogP contribution in [0.5, 0.6) is 0 Å². The van der Waals surface area contributed by atoms with Gasteiger partial charge in [0.15, 0.2) is 0 Å². The molecule has 5 saturated carbocycles. The second-order valence-electron chi connectivity index (χ2n) is 9.59. The van der Waals surface area contributed by atoms with Crippen LogP contribution in [0, 0.1) is 39.9 Å². The number of aliphatic carboxylic acids is 1. The molecule has 122 valence electrons. The van der Waals surface area contributed by atoms with Crippen molar-refractivity contribution < 1.29 is 9.90 Å². The Kier molecular flexibility index (Phi) is 2.81. The van der Waals surface area contributed by atoms with Gasteiger partial charge in [-0.2, -0.15) is 0 Å². The third-order valence-electron chi connectivity index (χ3n) is 8.65. The average Bonchev–Trinajstić information content (AvgIpc) is 2.88. The molecule has 1 N–H and O–H groups in total. The lowest BCUT2D eigenvalue weighted by Crippen LogP contribution is -2.53. The molecule has 0 aromatic heterocycles. The van der Waals surface area contributed by atoms with Gasteiger partial charge in [-0.25, -0.2) is 0 Å². The Labute approximate surface area is 134 Å². The van der Waals surface area contributed by atoms with E-state index in [4.69, 9.17) is 0 Å². The topological polar surface area (TPSA) is 37.3 Å². The molecule has 2 heteroatoms.